The number of likely N-dealkylation sites (tertiary alicyclic amines) is 1. The van der Waals surface area contributed by atoms with Crippen LogP contribution in [0.2, 0.25) is 0 Å². The van der Waals surface area contributed by atoms with Crippen molar-refractivity contribution in [2.24, 2.45) is 16.8 Å². The molecule has 166 valence electrons. The zero-order valence-electron chi connectivity index (χ0n) is 18.0. The summed E-state index contributed by atoms with van der Waals surface area (Å²) in [4.78, 5) is 6.98. The van der Waals surface area contributed by atoms with E-state index in [0.717, 1.165) is 49.9 Å². The van der Waals surface area contributed by atoms with Crippen LogP contribution < -0.4 is 14.8 Å². The van der Waals surface area contributed by atoms with E-state index in [1.807, 2.05) is 13.1 Å². The van der Waals surface area contributed by atoms with Crippen molar-refractivity contribution < 1.29 is 14.2 Å². The molecule has 4 fully saturated rings. The molecule has 0 amide bonds. The van der Waals surface area contributed by atoms with Gasteiger partial charge in [0, 0.05) is 38.5 Å². The summed E-state index contributed by atoms with van der Waals surface area (Å²) >= 11 is 0. The predicted octanol–water partition coefficient (Wildman–Crippen LogP) is 3.82. The minimum atomic E-state index is 0. The molecule has 5 rings (SSSR count). The molecule has 1 N–H and O–H groups in total. The molecule has 30 heavy (non-hydrogen) atoms. The summed E-state index contributed by atoms with van der Waals surface area (Å²) in [6.07, 6.45) is 8.55. The van der Waals surface area contributed by atoms with E-state index in [0.29, 0.717) is 30.1 Å². The maximum absolute atomic E-state index is 6.24. The highest BCUT2D eigenvalue weighted by Crippen LogP contribution is 2.47. The quantitative estimate of drug-likeness (QED) is 0.359. The molecule has 1 aliphatic carbocycles. The first-order chi connectivity index (χ1) is 14.2. The number of benzene rings is 1. The minimum Gasteiger partial charge on any atom is -0.493 e. The molecule has 4 unspecified atom stereocenters. The van der Waals surface area contributed by atoms with Crippen molar-refractivity contribution in [2.45, 2.75) is 63.4 Å². The average molecular weight is 527 g/mol. The molecular weight excluding hydrogens is 493 g/mol. The third kappa shape index (κ3) is 4.24. The van der Waals surface area contributed by atoms with Gasteiger partial charge in [0.25, 0.3) is 0 Å². The first-order valence-electron chi connectivity index (χ1n) is 11.2. The molecule has 3 aliphatic heterocycles. The fourth-order valence-corrected chi connectivity index (χ4v) is 5.76. The Morgan fingerprint density at radius 2 is 1.80 bits per heavy atom. The number of rotatable bonds is 5. The Morgan fingerprint density at radius 3 is 2.43 bits per heavy atom. The van der Waals surface area contributed by atoms with Gasteiger partial charge in [0.1, 0.15) is 0 Å². The number of hydrogen-bond donors (Lipinski definition) is 1. The smallest absolute Gasteiger partial charge is 0.193 e. The lowest BCUT2D eigenvalue weighted by Gasteiger charge is -2.23. The van der Waals surface area contributed by atoms with E-state index >= 15 is 0 Å². The SMILES string of the molecule is CN=C(NCc1ccc(OC)c(OC2CCCC2)c1)N1CC2C3CCC(O3)C2C1.I. The van der Waals surface area contributed by atoms with Gasteiger partial charge in [-0.3, -0.25) is 4.99 Å². The molecule has 6 nitrogen and oxygen atoms in total. The molecule has 1 aromatic rings. The molecule has 4 atom stereocenters. The molecular formula is C23H34IN3O3. The number of guanidine groups is 1. The predicted molar refractivity (Wildman–Crippen MR) is 128 cm³/mol. The minimum absolute atomic E-state index is 0. The van der Waals surface area contributed by atoms with Gasteiger partial charge in [-0.05, 0) is 56.2 Å². The number of nitrogens with zero attached hydrogens (tertiary/aromatic N) is 2. The summed E-state index contributed by atoms with van der Waals surface area (Å²) in [7, 11) is 3.59. The number of halogens is 1. The van der Waals surface area contributed by atoms with Crippen molar-refractivity contribution >= 4 is 29.9 Å². The molecule has 2 bridgehead atoms. The topological polar surface area (TPSA) is 55.3 Å². The van der Waals surface area contributed by atoms with Gasteiger partial charge in [-0.2, -0.15) is 0 Å². The fraction of sp³-hybridized carbons (Fsp3) is 0.696. The maximum Gasteiger partial charge on any atom is 0.193 e. The molecule has 0 spiro atoms. The van der Waals surface area contributed by atoms with Crippen LogP contribution in [0.15, 0.2) is 23.2 Å². The molecule has 1 aromatic carbocycles. The van der Waals surface area contributed by atoms with Crippen LogP contribution in [-0.2, 0) is 11.3 Å². The molecule has 3 heterocycles. The van der Waals surface area contributed by atoms with E-state index in [1.165, 1.54) is 31.2 Å². The van der Waals surface area contributed by atoms with Crippen LogP contribution in [0.5, 0.6) is 11.5 Å². The van der Waals surface area contributed by atoms with Crippen molar-refractivity contribution in [2.75, 3.05) is 27.2 Å². The maximum atomic E-state index is 6.24. The summed E-state index contributed by atoms with van der Waals surface area (Å²) in [6, 6.07) is 6.23. The van der Waals surface area contributed by atoms with Gasteiger partial charge in [0.2, 0.25) is 0 Å². The zero-order valence-corrected chi connectivity index (χ0v) is 20.3. The standard InChI is InChI=1S/C23H33N3O3.HI/c1-24-23(26-13-17-18(14-26)20-10-9-19(17)29-20)25-12-15-7-8-21(27-2)22(11-15)28-16-5-3-4-6-16;/h7-8,11,16-20H,3-6,9-10,12-14H2,1-2H3,(H,24,25);1H. The highest BCUT2D eigenvalue weighted by atomic mass is 127. The summed E-state index contributed by atoms with van der Waals surface area (Å²) in [6.45, 7) is 2.85. The monoisotopic (exact) mass is 527 g/mol. The van der Waals surface area contributed by atoms with Crippen molar-refractivity contribution in [1.29, 1.82) is 0 Å². The van der Waals surface area contributed by atoms with Crippen LogP contribution >= 0.6 is 24.0 Å². The van der Waals surface area contributed by atoms with Gasteiger partial charge < -0.3 is 24.4 Å². The second-order valence-corrected chi connectivity index (χ2v) is 8.93. The van der Waals surface area contributed by atoms with Gasteiger partial charge in [-0.1, -0.05) is 6.07 Å². The van der Waals surface area contributed by atoms with E-state index < -0.39 is 0 Å². The second-order valence-electron chi connectivity index (χ2n) is 8.93. The Labute approximate surface area is 196 Å². The first-order valence-corrected chi connectivity index (χ1v) is 11.2. The Bertz CT molecular complexity index is 750. The Balaban J connectivity index is 0.00000218. The lowest BCUT2D eigenvalue weighted by atomic mass is 9.82. The van der Waals surface area contributed by atoms with Crippen LogP contribution in [0.4, 0.5) is 0 Å². The summed E-state index contributed by atoms with van der Waals surface area (Å²) in [5.41, 5.74) is 1.18. The van der Waals surface area contributed by atoms with Gasteiger partial charge in [-0.15, -0.1) is 24.0 Å². The van der Waals surface area contributed by atoms with Crippen LogP contribution in [0, 0.1) is 11.8 Å². The van der Waals surface area contributed by atoms with Gasteiger partial charge in [-0.25, -0.2) is 0 Å². The van der Waals surface area contributed by atoms with E-state index in [4.69, 9.17) is 14.2 Å². The van der Waals surface area contributed by atoms with E-state index in [1.54, 1.807) is 7.11 Å². The molecule has 0 radical (unpaired) electrons. The number of methoxy groups -OCH3 is 1. The fourth-order valence-electron chi connectivity index (χ4n) is 5.76. The Morgan fingerprint density at radius 1 is 1.10 bits per heavy atom. The highest BCUT2D eigenvalue weighted by molar-refractivity contribution is 14.0. The average Bonchev–Trinajstić information content (AvgIpc) is 3.51. The van der Waals surface area contributed by atoms with Gasteiger partial charge >= 0.3 is 0 Å². The molecule has 3 saturated heterocycles. The third-order valence-corrected chi connectivity index (χ3v) is 7.24. The number of hydrogen-bond acceptors (Lipinski definition) is 4. The lowest BCUT2D eigenvalue weighted by Crippen LogP contribution is -2.41. The summed E-state index contributed by atoms with van der Waals surface area (Å²) in [5.74, 6) is 4.03. The lowest BCUT2D eigenvalue weighted by molar-refractivity contribution is 0.0767. The van der Waals surface area contributed by atoms with E-state index in [2.05, 4.69) is 27.3 Å². The molecule has 1 saturated carbocycles. The van der Waals surface area contributed by atoms with Crippen LogP contribution in [0.1, 0.15) is 44.1 Å². The summed E-state index contributed by atoms with van der Waals surface area (Å²) < 4.78 is 17.9. The van der Waals surface area contributed by atoms with Gasteiger partial charge in [0.05, 0.1) is 25.4 Å². The van der Waals surface area contributed by atoms with Crippen LogP contribution in [0.3, 0.4) is 0 Å². The van der Waals surface area contributed by atoms with Crippen molar-refractivity contribution in [1.82, 2.24) is 10.2 Å². The van der Waals surface area contributed by atoms with Gasteiger partial charge in [0.15, 0.2) is 17.5 Å². The normalized spacial score (nSPS) is 30.3. The molecule has 4 aliphatic rings. The number of fused-ring (bicyclic) bond motifs is 5. The highest BCUT2D eigenvalue weighted by Gasteiger charge is 2.53. The second kappa shape index (κ2) is 9.51. The largest absolute Gasteiger partial charge is 0.493 e. The zero-order chi connectivity index (χ0) is 19.8. The van der Waals surface area contributed by atoms with Crippen LogP contribution in [-0.4, -0.2) is 56.4 Å². The van der Waals surface area contributed by atoms with Crippen molar-refractivity contribution in [3.05, 3.63) is 23.8 Å². The third-order valence-electron chi connectivity index (χ3n) is 7.24. The van der Waals surface area contributed by atoms with E-state index in [9.17, 15) is 0 Å². The number of nitrogens with one attached hydrogen (secondary N) is 1. The Kier molecular flexibility index (Phi) is 6.97. The van der Waals surface area contributed by atoms with Crippen LogP contribution in [0.25, 0.3) is 0 Å². The first kappa shape index (κ1) is 22.0. The van der Waals surface area contributed by atoms with Crippen molar-refractivity contribution in [3.63, 3.8) is 0 Å². The molecule has 0 aromatic heterocycles. The summed E-state index contributed by atoms with van der Waals surface area (Å²) in [5, 5.41) is 3.56. The number of ether oxygens (including phenoxy) is 3. The van der Waals surface area contributed by atoms with Crippen molar-refractivity contribution in [3.8, 4) is 11.5 Å². The number of aliphatic imine (C=N–C) groups is 1. The Hall–Kier alpha value is -1.22. The van der Waals surface area contributed by atoms with E-state index in [-0.39, 0.29) is 24.0 Å². The molecule has 7 heteroatoms.